The molecule has 21 heavy (non-hydrogen) atoms. The van der Waals surface area contributed by atoms with Crippen molar-refractivity contribution in [3.8, 4) is 5.75 Å². The molecule has 118 valence electrons. The number of halogens is 1. The molecule has 0 aliphatic carbocycles. The maximum Gasteiger partial charge on any atom is 0.227 e. The zero-order valence-corrected chi connectivity index (χ0v) is 13.6. The molecule has 0 saturated carbocycles. The molecule has 2 unspecified atom stereocenters. The second-order valence-electron chi connectivity index (χ2n) is 5.63. The molecule has 1 aliphatic heterocycles. The van der Waals surface area contributed by atoms with Gasteiger partial charge in [-0.25, -0.2) is 0 Å². The highest BCUT2D eigenvalue weighted by atomic mass is 35.5. The van der Waals surface area contributed by atoms with Gasteiger partial charge in [-0.2, -0.15) is 0 Å². The van der Waals surface area contributed by atoms with E-state index in [0.717, 1.165) is 30.7 Å². The first-order valence-electron chi connectivity index (χ1n) is 7.26. The van der Waals surface area contributed by atoms with Crippen molar-refractivity contribution in [3.63, 3.8) is 0 Å². The Morgan fingerprint density at radius 2 is 2.24 bits per heavy atom. The number of rotatable bonds is 4. The standard InChI is InChI=1S/C16H24N2O2.ClH/c1-12-6-7-18(14(8-12)11-17)16(19)10-13-4-3-5-15(9-13)20-2;/h3-5,9,12,14H,6-8,10-11,17H2,1-2H3;1H. The summed E-state index contributed by atoms with van der Waals surface area (Å²) in [4.78, 5) is 14.4. The van der Waals surface area contributed by atoms with Crippen molar-refractivity contribution in [1.82, 2.24) is 4.90 Å². The molecule has 2 N–H and O–H groups in total. The number of hydrogen-bond donors (Lipinski definition) is 1. The van der Waals surface area contributed by atoms with Crippen molar-refractivity contribution in [2.45, 2.75) is 32.2 Å². The molecule has 1 aliphatic rings. The fraction of sp³-hybridized carbons (Fsp3) is 0.562. The summed E-state index contributed by atoms with van der Waals surface area (Å²) in [5, 5.41) is 0. The summed E-state index contributed by atoms with van der Waals surface area (Å²) in [6.45, 7) is 3.60. The van der Waals surface area contributed by atoms with Gasteiger partial charge in [0.25, 0.3) is 0 Å². The lowest BCUT2D eigenvalue weighted by Crippen LogP contribution is -2.49. The van der Waals surface area contributed by atoms with Crippen LogP contribution in [-0.2, 0) is 11.2 Å². The molecule has 0 aromatic heterocycles. The largest absolute Gasteiger partial charge is 0.497 e. The van der Waals surface area contributed by atoms with Crippen LogP contribution < -0.4 is 10.5 Å². The molecule has 2 rings (SSSR count). The number of nitrogens with zero attached hydrogens (tertiary/aromatic N) is 1. The third kappa shape index (κ3) is 4.61. The molecule has 5 heteroatoms. The van der Waals surface area contributed by atoms with Gasteiger partial charge in [-0.05, 0) is 36.5 Å². The van der Waals surface area contributed by atoms with Crippen LogP contribution in [0.15, 0.2) is 24.3 Å². The van der Waals surface area contributed by atoms with Gasteiger partial charge in [0.1, 0.15) is 5.75 Å². The van der Waals surface area contributed by atoms with Gasteiger partial charge in [-0.15, -0.1) is 12.4 Å². The van der Waals surface area contributed by atoms with Crippen LogP contribution in [-0.4, -0.2) is 37.0 Å². The SMILES string of the molecule is COc1cccc(CC(=O)N2CCC(C)CC2CN)c1.Cl. The molecule has 0 spiro atoms. The minimum Gasteiger partial charge on any atom is -0.497 e. The summed E-state index contributed by atoms with van der Waals surface area (Å²) < 4.78 is 5.19. The monoisotopic (exact) mass is 312 g/mol. The lowest BCUT2D eigenvalue weighted by Gasteiger charge is -2.38. The predicted octanol–water partition coefficient (Wildman–Crippen LogP) is 2.25. The first-order valence-corrected chi connectivity index (χ1v) is 7.26. The van der Waals surface area contributed by atoms with E-state index >= 15 is 0 Å². The minimum atomic E-state index is 0. The molecular formula is C16H25ClN2O2. The molecule has 1 aromatic rings. The second kappa shape index (κ2) is 8.25. The average molecular weight is 313 g/mol. The van der Waals surface area contributed by atoms with E-state index < -0.39 is 0 Å². The van der Waals surface area contributed by atoms with Gasteiger partial charge >= 0.3 is 0 Å². The van der Waals surface area contributed by atoms with Gasteiger partial charge in [-0.3, -0.25) is 4.79 Å². The van der Waals surface area contributed by atoms with Crippen LogP contribution in [0.5, 0.6) is 5.75 Å². The number of ether oxygens (including phenoxy) is 1. The van der Waals surface area contributed by atoms with Gasteiger partial charge in [0, 0.05) is 19.1 Å². The Morgan fingerprint density at radius 1 is 1.48 bits per heavy atom. The Bertz CT molecular complexity index is 467. The van der Waals surface area contributed by atoms with Crippen LogP contribution in [0.4, 0.5) is 0 Å². The Labute approximate surface area is 133 Å². The van der Waals surface area contributed by atoms with Crippen LogP contribution in [0, 0.1) is 5.92 Å². The Balaban J connectivity index is 0.00000220. The summed E-state index contributed by atoms with van der Waals surface area (Å²) in [5.74, 6) is 1.61. The highest BCUT2D eigenvalue weighted by Gasteiger charge is 2.28. The minimum absolute atomic E-state index is 0. The average Bonchev–Trinajstić information content (AvgIpc) is 2.47. The van der Waals surface area contributed by atoms with Crippen LogP contribution in [0.3, 0.4) is 0 Å². The normalized spacial score (nSPS) is 21.6. The zero-order valence-electron chi connectivity index (χ0n) is 12.7. The van der Waals surface area contributed by atoms with Gasteiger partial charge in [0.05, 0.1) is 13.5 Å². The van der Waals surface area contributed by atoms with Crippen LogP contribution in [0.25, 0.3) is 0 Å². The van der Waals surface area contributed by atoms with E-state index in [0.29, 0.717) is 18.9 Å². The van der Waals surface area contributed by atoms with E-state index in [1.54, 1.807) is 7.11 Å². The van der Waals surface area contributed by atoms with Gasteiger partial charge in [0.2, 0.25) is 5.91 Å². The van der Waals surface area contributed by atoms with E-state index in [9.17, 15) is 4.79 Å². The van der Waals surface area contributed by atoms with Crippen molar-refractivity contribution < 1.29 is 9.53 Å². The number of hydrogen-bond acceptors (Lipinski definition) is 3. The highest BCUT2D eigenvalue weighted by molar-refractivity contribution is 5.85. The first-order chi connectivity index (χ1) is 9.63. The molecule has 2 atom stereocenters. The third-order valence-corrected chi connectivity index (χ3v) is 4.06. The van der Waals surface area contributed by atoms with E-state index in [1.165, 1.54) is 0 Å². The zero-order chi connectivity index (χ0) is 14.5. The van der Waals surface area contributed by atoms with Crippen molar-refractivity contribution in [1.29, 1.82) is 0 Å². The van der Waals surface area contributed by atoms with Gasteiger partial charge in [-0.1, -0.05) is 19.1 Å². The Kier molecular flexibility index (Phi) is 6.99. The summed E-state index contributed by atoms with van der Waals surface area (Å²) in [7, 11) is 1.64. The molecule has 4 nitrogen and oxygen atoms in total. The molecule has 1 amide bonds. The highest BCUT2D eigenvalue weighted by Crippen LogP contribution is 2.23. The fourth-order valence-corrected chi connectivity index (χ4v) is 2.86. The van der Waals surface area contributed by atoms with Crippen molar-refractivity contribution >= 4 is 18.3 Å². The van der Waals surface area contributed by atoms with E-state index in [1.807, 2.05) is 29.2 Å². The summed E-state index contributed by atoms with van der Waals surface area (Å²) in [6, 6.07) is 7.88. The number of carbonyl (C=O) groups is 1. The molecule has 0 bridgehead atoms. The van der Waals surface area contributed by atoms with Crippen molar-refractivity contribution in [2.75, 3.05) is 20.2 Å². The maximum absolute atomic E-state index is 12.5. The van der Waals surface area contributed by atoms with Crippen LogP contribution in [0.2, 0.25) is 0 Å². The topological polar surface area (TPSA) is 55.6 Å². The quantitative estimate of drug-likeness (QED) is 0.927. The van der Waals surface area contributed by atoms with Crippen molar-refractivity contribution in [2.24, 2.45) is 11.7 Å². The number of likely N-dealkylation sites (tertiary alicyclic amines) is 1. The lowest BCUT2D eigenvalue weighted by atomic mass is 9.92. The summed E-state index contributed by atoms with van der Waals surface area (Å²) >= 11 is 0. The number of nitrogens with two attached hydrogens (primary N) is 1. The Morgan fingerprint density at radius 3 is 2.90 bits per heavy atom. The first kappa shape index (κ1) is 17.8. The lowest BCUT2D eigenvalue weighted by molar-refractivity contribution is -0.134. The molecule has 1 fully saturated rings. The van der Waals surface area contributed by atoms with Crippen LogP contribution >= 0.6 is 12.4 Å². The van der Waals surface area contributed by atoms with Crippen LogP contribution in [0.1, 0.15) is 25.3 Å². The Hall–Kier alpha value is -1.26. The van der Waals surface area contributed by atoms with Gasteiger partial charge < -0.3 is 15.4 Å². The predicted molar refractivity (Wildman–Crippen MR) is 86.9 cm³/mol. The van der Waals surface area contributed by atoms with Crippen molar-refractivity contribution in [3.05, 3.63) is 29.8 Å². The fourth-order valence-electron chi connectivity index (χ4n) is 2.86. The van der Waals surface area contributed by atoms with E-state index in [2.05, 4.69) is 6.92 Å². The summed E-state index contributed by atoms with van der Waals surface area (Å²) in [6.07, 6.45) is 2.50. The summed E-state index contributed by atoms with van der Waals surface area (Å²) in [5.41, 5.74) is 6.81. The molecular weight excluding hydrogens is 288 g/mol. The number of amides is 1. The number of piperidine rings is 1. The second-order valence-corrected chi connectivity index (χ2v) is 5.63. The van der Waals surface area contributed by atoms with E-state index in [-0.39, 0.29) is 24.4 Å². The third-order valence-electron chi connectivity index (χ3n) is 4.06. The molecule has 1 aromatic carbocycles. The maximum atomic E-state index is 12.5. The molecule has 1 heterocycles. The molecule has 1 saturated heterocycles. The number of benzene rings is 1. The number of methoxy groups -OCH3 is 1. The molecule has 0 radical (unpaired) electrons. The van der Waals surface area contributed by atoms with E-state index in [4.69, 9.17) is 10.5 Å². The number of carbonyl (C=O) groups excluding carboxylic acids is 1. The smallest absolute Gasteiger partial charge is 0.227 e. The van der Waals surface area contributed by atoms with Gasteiger partial charge in [0.15, 0.2) is 0 Å².